The van der Waals surface area contributed by atoms with Crippen molar-refractivity contribution < 1.29 is 4.79 Å². The highest BCUT2D eigenvalue weighted by molar-refractivity contribution is 5.75. The Hall–Kier alpha value is -0.770. The van der Waals surface area contributed by atoms with Crippen molar-refractivity contribution in [1.82, 2.24) is 10.6 Å². The summed E-state index contributed by atoms with van der Waals surface area (Å²) in [5.74, 6) is 0.771. The van der Waals surface area contributed by atoms with E-state index in [9.17, 15) is 4.79 Å². The number of rotatable bonds is 3. The fourth-order valence-electron chi connectivity index (χ4n) is 2.38. The molecular weight excluding hydrogens is 202 g/mol. The second kappa shape index (κ2) is 4.62. The quantitative estimate of drug-likeness (QED) is 0.679. The van der Waals surface area contributed by atoms with Gasteiger partial charge in [-0.05, 0) is 44.4 Å². The van der Waals surface area contributed by atoms with Gasteiger partial charge in [0, 0.05) is 12.6 Å². The summed E-state index contributed by atoms with van der Waals surface area (Å²) in [7, 11) is 0. The van der Waals surface area contributed by atoms with Gasteiger partial charge in [0.2, 0.25) is 0 Å². The third-order valence-electron chi connectivity index (χ3n) is 3.91. The number of nitrogens with one attached hydrogen (secondary N) is 2. The first kappa shape index (κ1) is 11.7. The van der Waals surface area contributed by atoms with E-state index in [1.165, 1.54) is 12.8 Å². The summed E-state index contributed by atoms with van der Waals surface area (Å²) in [6, 6.07) is 0.389. The Morgan fingerprint density at radius 2 is 1.94 bits per heavy atom. The second-order valence-electron chi connectivity index (χ2n) is 5.54. The molecule has 2 fully saturated rings. The minimum Gasteiger partial charge on any atom is -0.335 e. The van der Waals surface area contributed by atoms with Gasteiger partial charge in [0.15, 0.2) is 0 Å². The smallest absolute Gasteiger partial charge is 0.315 e. The Morgan fingerprint density at radius 3 is 2.44 bits per heavy atom. The van der Waals surface area contributed by atoms with Crippen LogP contribution in [0.4, 0.5) is 4.79 Å². The summed E-state index contributed by atoms with van der Waals surface area (Å²) >= 11 is 0. The van der Waals surface area contributed by atoms with Crippen molar-refractivity contribution in [1.29, 1.82) is 0 Å². The normalized spacial score (nSPS) is 34.5. The number of carbonyl (C=O) groups excluding carboxylic acids is 1. The molecule has 0 atom stereocenters. The van der Waals surface area contributed by atoms with Crippen LogP contribution in [0.5, 0.6) is 0 Å². The molecule has 0 aromatic rings. The maximum atomic E-state index is 11.7. The third kappa shape index (κ3) is 2.88. The van der Waals surface area contributed by atoms with Crippen LogP contribution in [0.3, 0.4) is 0 Å². The first-order chi connectivity index (χ1) is 7.63. The van der Waals surface area contributed by atoms with Gasteiger partial charge in [-0.15, -0.1) is 0 Å². The maximum Gasteiger partial charge on any atom is 0.315 e. The molecule has 0 heterocycles. The Morgan fingerprint density at radius 1 is 1.31 bits per heavy atom. The summed E-state index contributed by atoms with van der Waals surface area (Å²) in [4.78, 5) is 11.7. The molecule has 0 aliphatic heterocycles. The summed E-state index contributed by atoms with van der Waals surface area (Å²) < 4.78 is 0. The van der Waals surface area contributed by atoms with E-state index in [0.717, 1.165) is 31.6 Å². The van der Waals surface area contributed by atoms with Crippen LogP contribution in [0.15, 0.2) is 0 Å². The van der Waals surface area contributed by atoms with Crippen molar-refractivity contribution in [2.24, 2.45) is 11.7 Å². The lowest BCUT2D eigenvalue weighted by Crippen LogP contribution is -2.58. The van der Waals surface area contributed by atoms with Gasteiger partial charge in [0.05, 0.1) is 5.54 Å². The molecule has 92 valence electrons. The molecule has 4 heteroatoms. The Balaban J connectivity index is 1.85. The van der Waals surface area contributed by atoms with Gasteiger partial charge in [0.25, 0.3) is 0 Å². The van der Waals surface area contributed by atoms with E-state index in [2.05, 4.69) is 17.6 Å². The first-order valence-corrected chi connectivity index (χ1v) is 6.42. The number of hydrogen-bond acceptors (Lipinski definition) is 2. The van der Waals surface area contributed by atoms with Crippen LogP contribution in [0.2, 0.25) is 0 Å². The van der Waals surface area contributed by atoms with Gasteiger partial charge < -0.3 is 16.4 Å². The molecule has 0 unspecified atom stereocenters. The van der Waals surface area contributed by atoms with Crippen LogP contribution in [0.25, 0.3) is 0 Å². The minimum absolute atomic E-state index is 0.0255. The van der Waals surface area contributed by atoms with Gasteiger partial charge in [0.1, 0.15) is 0 Å². The van der Waals surface area contributed by atoms with Gasteiger partial charge in [-0.25, -0.2) is 4.79 Å². The van der Waals surface area contributed by atoms with E-state index in [-0.39, 0.29) is 11.6 Å². The lowest BCUT2D eigenvalue weighted by atomic mass is 9.77. The molecule has 2 saturated carbocycles. The largest absolute Gasteiger partial charge is 0.335 e. The Bertz CT molecular complexity index is 255. The van der Waals surface area contributed by atoms with Crippen molar-refractivity contribution in [3.05, 3.63) is 0 Å². The summed E-state index contributed by atoms with van der Waals surface area (Å²) in [6.07, 6.45) is 6.62. The topological polar surface area (TPSA) is 67.1 Å². The molecule has 0 aromatic carbocycles. The van der Waals surface area contributed by atoms with Crippen LogP contribution >= 0.6 is 0 Å². The summed E-state index contributed by atoms with van der Waals surface area (Å²) in [5.41, 5.74) is 5.69. The number of urea groups is 1. The van der Waals surface area contributed by atoms with E-state index in [4.69, 9.17) is 5.73 Å². The first-order valence-electron chi connectivity index (χ1n) is 6.42. The highest BCUT2D eigenvalue weighted by Gasteiger charge is 2.35. The van der Waals surface area contributed by atoms with Gasteiger partial charge in [-0.3, -0.25) is 0 Å². The van der Waals surface area contributed by atoms with E-state index in [0.29, 0.717) is 12.6 Å². The average Bonchev–Trinajstić information content (AvgIpc) is 3.06. The molecule has 4 nitrogen and oxygen atoms in total. The molecule has 16 heavy (non-hydrogen) atoms. The predicted octanol–water partition coefficient (Wildman–Crippen LogP) is 1.36. The zero-order valence-corrected chi connectivity index (χ0v) is 10.1. The zero-order valence-electron chi connectivity index (χ0n) is 10.1. The van der Waals surface area contributed by atoms with Crippen LogP contribution < -0.4 is 16.4 Å². The molecule has 0 saturated heterocycles. The highest BCUT2D eigenvalue weighted by Crippen LogP contribution is 2.31. The van der Waals surface area contributed by atoms with E-state index in [1.807, 2.05) is 0 Å². The number of nitrogens with two attached hydrogens (primary N) is 1. The minimum atomic E-state index is -0.147. The molecule has 0 bridgehead atoms. The SMILES string of the molecule is CC1CCC(CN)(NC(=O)NC2CC2)CC1. The monoisotopic (exact) mass is 225 g/mol. The highest BCUT2D eigenvalue weighted by atomic mass is 16.2. The standard InChI is InChI=1S/C12H23N3O/c1-9-4-6-12(8-13,7-5-9)15-11(16)14-10-2-3-10/h9-10H,2-8,13H2,1H3,(H2,14,15,16). The van der Waals surface area contributed by atoms with Crippen LogP contribution in [-0.2, 0) is 0 Å². The van der Waals surface area contributed by atoms with Crippen LogP contribution in [0, 0.1) is 5.92 Å². The zero-order chi connectivity index (χ0) is 11.6. The number of carbonyl (C=O) groups is 1. The number of amides is 2. The van der Waals surface area contributed by atoms with E-state index < -0.39 is 0 Å². The van der Waals surface area contributed by atoms with Crippen molar-refractivity contribution in [3.8, 4) is 0 Å². The fourth-order valence-corrected chi connectivity index (χ4v) is 2.38. The van der Waals surface area contributed by atoms with E-state index >= 15 is 0 Å². The molecular formula is C12H23N3O. The molecule has 2 amide bonds. The van der Waals surface area contributed by atoms with E-state index in [1.54, 1.807) is 0 Å². The van der Waals surface area contributed by atoms with Gasteiger partial charge in [-0.1, -0.05) is 6.92 Å². The maximum absolute atomic E-state index is 11.7. The van der Waals surface area contributed by atoms with Crippen molar-refractivity contribution in [3.63, 3.8) is 0 Å². The van der Waals surface area contributed by atoms with Gasteiger partial charge in [-0.2, -0.15) is 0 Å². The molecule has 0 spiro atoms. The van der Waals surface area contributed by atoms with Crippen LogP contribution in [0.1, 0.15) is 45.4 Å². The molecule has 2 aliphatic rings. The molecule has 2 aliphatic carbocycles. The number of hydrogen-bond donors (Lipinski definition) is 3. The van der Waals surface area contributed by atoms with Gasteiger partial charge >= 0.3 is 6.03 Å². The lowest BCUT2D eigenvalue weighted by Gasteiger charge is -2.39. The average molecular weight is 225 g/mol. The van der Waals surface area contributed by atoms with Crippen molar-refractivity contribution in [2.75, 3.05) is 6.54 Å². The van der Waals surface area contributed by atoms with Crippen molar-refractivity contribution in [2.45, 2.75) is 57.0 Å². The van der Waals surface area contributed by atoms with Crippen LogP contribution in [-0.4, -0.2) is 24.2 Å². The Kier molecular flexibility index (Phi) is 3.38. The summed E-state index contributed by atoms with van der Waals surface area (Å²) in [6.45, 7) is 2.82. The predicted molar refractivity (Wildman–Crippen MR) is 64.1 cm³/mol. The lowest BCUT2D eigenvalue weighted by molar-refractivity contribution is 0.189. The molecule has 0 aromatic heterocycles. The molecule has 0 radical (unpaired) electrons. The fraction of sp³-hybridized carbons (Fsp3) is 0.917. The second-order valence-corrected chi connectivity index (χ2v) is 5.54. The molecule has 2 rings (SSSR count). The van der Waals surface area contributed by atoms with Crippen molar-refractivity contribution >= 4 is 6.03 Å². The Labute approximate surface area is 97.3 Å². The summed E-state index contributed by atoms with van der Waals surface area (Å²) in [5, 5.41) is 6.06. The third-order valence-corrected chi connectivity index (χ3v) is 3.91. The molecule has 4 N–H and O–H groups in total.